The fourth-order valence-corrected chi connectivity index (χ4v) is 2.61. The lowest BCUT2D eigenvalue weighted by molar-refractivity contribution is 0.117. The van der Waals surface area contributed by atoms with Crippen molar-refractivity contribution in [2.75, 3.05) is 6.54 Å². The predicted molar refractivity (Wildman–Crippen MR) is 82.6 cm³/mol. The Bertz CT molecular complexity index is 500. The number of carbonyl (C=O) groups is 1. The zero-order valence-corrected chi connectivity index (χ0v) is 13.3. The molecule has 3 nitrogen and oxygen atoms in total. The summed E-state index contributed by atoms with van der Waals surface area (Å²) >= 11 is 0. The van der Waals surface area contributed by atoms with E-state index in [9.17, 15) is 4.79 Å². The monoisotopic (exact) mass is 274 g/mol. The van der Waals surface area contributed by atoms with Gasteiger partial charge in [0.25, 0.3) is 0 Å². The standard InChI is InChI=1S/C17H26N2O/c1-16(2,3)12-18-15(20)19-11-14-9-7-6-8-13(14)10-17(19,4)5/h6-9H,10-12H2,1-5H3,(H,18,20). The van der Waals surface area contributed by atoms with Gasteiger partial charge in [-0.05, 0) is 36.8 Å². The van der Waals surface area contributed by atoms with E-state index in [1.807, 2.05) is 11.0 Å². The molecule has 2 rings (SSSR count). The molecule has 0 radical (unpaired) electrons. The van der Waals surface area contributed by atoms with Gasteiger partial charge >= 0.3 is 6.03 Å². The molecule has 0 atom stereocenters. The van der Waals surface area contributed by atoms with Crippen LogP contribution in [-0.4, -0.2) is 23.0 Å². The van der Waals surface area contributed by atoms with E-state index in [2.05, 4.69) is 58.1 Å². The molecule has 0 fully saturated rings. The zero-order chi connectivity index (χ0) is 15.0. The summed E-state index contributed by atoms with van der Waals surface area (Å²) in [5.41, 5.74) is 2.58. The second kappa shape index (κ2) is 5.12. The van der Waals surface area contributed by atoms with E-state index in [4.69, 9.17) is 0 Å². The maximum atomic E-state index is 12.5. The lowest BCUT2D eigenvalue weighted by Gasteiger charge is -2.43. The van der Waals surface area contributed by atoms with Crippen molar-refractivity contribution < 1.29 is 4.79 Å². The van der Waals surface area contributed by atoms with Crippen LogP contribution >= 0.6 is 0 Å². The Morgan fingerprint density at radius 2 is 1.85 bits per heavy atom. The van der Waals surface area contributed by atoms with Gasteiger partial charge in [-0.1, -0.05) is 45.0 Å². The molecule has 110 valence electrons. The molecule has 0 unspecified atom stereocenters. The highest BCUT2D eigenvalue weighted by Crippen LogP contribution is 2.30. The van der Waals surface area contributed by atoms with E-state index in [1.54, 1.807) is 0 Å². The van der Waals surface area contributed by atoms with E-state index in [1.165, 1.54) is 11.1 Å². The number of nitrogens with one attached hydrogen (secondary N) is 1. The summed E-state index contributed by atoms with van der Waals surface area (Å²) in [6, 6.07) is 8.45. The minimum Gasteiger partial charge on any atom is -0.337 e. The number of amides is 2. The number of carbonyl (C=O) groups excluding carboxylic acids is 1. The van der Waals surface area contributed by atoms with Crippen LogP contribution in [0.25, 0.3) is 0 Å². The summed E-state index contributed by atoms with van der Waals surface area (Å²) in [5, 5.41) is 3.07. The van der Waals surface area contributed by atoms with Crippen LogP contribution in [0.15, 0.2) is 24.3 Å². The van der Waals surface area contributed by atoms with Crippen LogP contribution in [0.5, 0.6) is 0 Å². The molecule has 2 amide bonds. The number of fused-ring (bicyclic) bond motifs is 1. The molecule has 0 saturated carbocycles. The minimum atomic E-state index is -0.143. The third-order valence-electron chi connectivity index (χ3n) is 3.82. The molecule has 0 saturated heterocycles. The summed E-state index contributed by atoms with van der Waals surface area (Å²) in [7, 11) is 0. The molecule has 1 aromatic carbocycles. The van der Waals surface area contributed by atoms with Crippen LogP contribution in [0.4, 0.5) is 4.79 Å². The number of urea groups is 1. The Balaban J connectivity index is 2.14. The molecule has 0 aliphatic carbocycles. The number of hydrogen-bond donors (Lipinski definition) is 1. The summed E-state index contributed by atoms with van der Waals surface area (Å²) in [5.74, 6) is 0. The molecule has 20 heavy (non-hydrogen) atoms. The van der Waals surface area contributed by atoms with Gasteiger partial charge in [-0.2, -0.15) is 0 Å². The minimum absolute atomic E-state index is 0.0411. The fourth-order valence-electron chi connectivity index (χ4n) is 2.61. The fraction of sp³-hybridized carbons (Fsp3) is 0.588. The quantitative estimate of drug-likeness (QED) is 0.834. The molecule has 0 aromatic heterocycles. The topological polar surface area (TPSA) is 32.3 Å². The number of nitrogens with zero attached hydrogens (tertiary/aromatic N) is 1. The van der Waals surface area contributed by atoms with Crippen LogP contribution in [0.2, 0.25) is 0 Å². The van der Waals surface area contributed by atoms with Crippen molar-refractivity contribution in [2.24, 2.45) is 5.41 Å². The van der Waals surface area contributed by atoms with Crippen molar-refractivity contribution in [2.45, 2.75) is 53.1 Å². The molecule has 1 aliphatic rings. The average molecular weight is 274 g/mol. The Morgan fingerprint density at radius 1 is 1.25 bits per heavy atom. The Morgan fingerprint density at radius 3 is 2.45 bits per heavy atom. The molecular formula is C17H26N2O. The number of benzene rings is 1. The SMILES string of the molecule is CC(C)(C)CNC(=O)N1Cc2ccccc2CC1(C)C. The van der Waals surface area contributed by atoms with Gasteiger partial charge in [0.2, 0.25) is 0 Å². The second-order valence-corrected chi connectivity index (χ2v) is 7.56. The molecule has 1 heterocycles. The second-order valence-electron chi connectivity index (χ2n) is 7.56. The van der Waals surface area contributed by atoms with Gasteiger partial charge in [0.15, 0.2) is 0 Å². The van der Waals surface area contributed by atoms with Gasteiger partial charge < -0.3 is 10.2 Å². The van der Waals surface area contributed by atoms with Gasteiger partial charge in [0.1, 0.15) is 0 Å². The van der Waals surface area contributed by atoms with Crippen LogP contribution < -0.4 is 5.32 Å². The average Bonchev–Trinajstić information content (AvgIpc) is 2.33. The number of hydrogen-bond acceptors (Lipinski definition) is 1. The third kappa shape index (κ3) is 3.33. The molecule has 1 N–H and O–H groups in total. The molecular weight excluding hydrogens is 248 g/mol. The van der Waals surface area contributed by atoms with Gasteiger partial charge in [-0.25, -0.2) is 4.79 Å². The van der Waals surface area contributed by atoms with Crippen LogP contribution in [0.3, 0.4) is 0 Å². The first-order valence-electron chi connectivity index (χ1n) is 7.31. The molecule has 0 spiro atoms. The first-order valence-corrected chi connectivity index (χ1v) is 7.31. The first kappa shape index (κ1) is 14.9. The van der Waals surface area contributed by atoms with Crippen LogP contribution in [0.1, 0.15) is 45.7 Å². The largest absolute Gasteiger partial charge is 0.337 e. The highest BCUT2D eigenvalue weighted by Gasteiger charge is 2.35. The van der Waals surface area contributed by atoms with E-state index >= 15 is 0 Å². The first-order chi connectivity index (χ1) is 9.19. The highest BCUT2D eigenvalue weighted by atomic mass is 16.2. The maximum Gasteiger partial charge on any atom is 0.318 e. The Labute approximate surface area is 122 Å². The van der Waals surface area contributed by atoms with Gasteiger partial charge in [0.05, 0.1) is 0 Å². The van der Waals surface area contributed by atoms with E-state index in [-0.39, 0.29) is 17.0 Å². The van der Waals surface area contributed by atoms with Gasteiger partial charge in [-0.15, -0.1) is 0 Å². The van der Waals surface area contributed by atoms with E-state index < -0.39 is 0 Å². The van der Waals surface area contributed by atoms with Crippen molar-refractivity contribution in [3.8, 4) is 0 Å². The Kier molecular flexibility index (Phi) is 3.81. The Hall–Kier alpha value is -1.51. The van der Waals surface area contributed by atoms with Crippen molar-refractivity contribution >= 4 is 6.03 Å². The summed E-state index contributed by atoms with van der Waals surface area (Å²) in [6.45, 7) is 12.1. The van der Waals surface area contributed by atoms with E-state index in [0.29, 0.717) is 13.1 Å². The summed E-state index contributed by atoms with van der Waals surface area (Å²) < 4.78 is 0. The molecule has 1 aromatic rings. The highest BCUT2D eigenvalue weighted by molar-refractivity contribution is 5.75. The van der Waals surface area contributed by atoms with Crippen molar-refractivity contribution in [1.82, 2.24) is 10.2 Å². The summed E-state index contributed by atoms with van der Waals surface area (Å²) in [6.07, 6.45) is 0.909. The maximum absolute atomic E-state index is 12.5. The van der Waals surface area contributed by atoms with Gasteiger partial charge in [-0.3, -0.25) is 0 Å². The van der Waals surface area contributed by atoms with Crippen LogP contribution in [0, 0.1) is 5.41 Å². The summed E-state index contributed by atoms with van der Waals surface area (Å²) in [4.78, 5) is 14.4. The number of rotatable bonds is 1. The molecule has 1 aliphatic heterocycles. The third-order valence-corrected chi connectivity index (χ3v) is 3.82. The van der Waals surface area contributed by atoms with Crippen LogP contribution in [-0.2, 0) is 13.0 Å². The van der Waals surface area contributed by atoms with Crippen molar-refractivity contribution in [3.05, 3.63) is 35.4 Å². The van der Waals surface area contributed by atoms with Crippen molar-refractivity contribution in [1.29, 1.82) is 0 Å². The van der Waals surface area contributed by atoms with Crippen molar-refractivity contribution in [3.63, 3.8) is 0 Å². The predicted octanol–water partition coefficient (Wildman–Crippen LogP) is 3.58. The molecule has 0 bridgehead atoms. The lowest BCUT2D eigenvalue weighted by Crippen LogP contribution is -2.55. The molecule has 3 heteroatoms. The zero-order valence-electron chi connectivity index (χ0n) is 13.3. The van der Waals surface area contributed by atoms with Gasteiger partial charge in [0, 0.05) is 18.6 Å². The lowest BCUT2D eigenvalue weighted by atomic mass is 9.86. The smallest absolute Gasteiger partial charge is 0.318 e. The van der Waals surface area contributed by atoms with E-state index in [0.717, 1.165) is 6.42 Å². The normalized spacial score (nSPS) is 17.6.